The van der Waals surface area contributed by atoms with Gasteiger partial charge < -0.3 is 10.5 Å². The van der Waals surface area contributed by atoms with Crippen LogP contribution in [0.1, 0.15) is 11.1 Å². The number of aromatic nitrogens is 1. The molecular formula is C16H21N3O. The number of nitrogens with two attached hydrogens (primary N) is 1. The van der Waals surface area contributed by atoms with Crippen molar-refractivity contribution in [2.24, 2.45) is 5.73 Å². The summed E-state index contributed by atoms with van der Waals surface area (Å²) in [5.41, 5.74) is 8.22. The van der Waals surface area contributed by atoms with Crippen molar-refractivity contribution in [3.8, 4) is 5.75 Å². The Balaban J connectivity index is 2.00. The van der Waals surface area contributed by atoms with Gasteiger partial charge in [0.15, 0.2) is 0 Å². The van der Waals surface area contributed by atoms with Gasteiger partial charge in [-0.1, -0.05) is 12.1 Å². The maximum absolute atomic E-state index is 5.71. The Bertz CT molecular complexity index is 499. The predicted octanol–water partition coefficient (Wildman–Crippen LogP) is 2.05. The molecule has 0 unspecified atom stereocenters. The predicted molar refractivity (Wildman–Crippen MR) is 80.4 cm³/mol. The fourth-order valence-corrected chi connectivity index (χ4v) is 2.13. The highest BCUT2D eigenvalue weighted by Gasteiger charge is 2.06. The molecule has 1 aromatic heterocycles. The van der Waals surface area contributed by atoms with E-state index in [0.717, 1.165) is 25.4 Å². The van der Waals surface area contributed by atoms with Crippen molar-refractivity contribution in [2.75, 3.05) is 20.2 Å². The fourth-order valence-electron chi connectivity index (χ4n) is 2.13. The van der Waals surface area contributed by atoms with Gasteiger partial charge in [-0.05, 0) is 35.4 Å². The second-order valence-electron chi connectivity index (χ2n) is 4.70. The molecule has 20 heavy (non-hydrogen) atoms. The van der Waals surface area contributed by atoms with Gasteiger partial charge in [-0.3, -0.25) is 9.88 Å². The van der Waals surface area contributed by atoms with Crippen LogP contribution in [0.4, 0.5) is 0 Å². The highest BCUT2D eigenvalue weighted by Crippen LogP contribution is 2.14. The Kier molecular flexibility index (Phi) is 5.53. The lowest BCUT2D eigenvalue weighted by Gasteiger charge is -2.21. The highest BCUT2D eigenvalue weighted by molar-refractivity contribution is 5.27. The smallest absolute Gasteiger partial charge is 0.118 e. The van der Waals surface area contributed by atoms with Gasteiger partial charge >= 0.3 is 0 Å². The topological polar surface area (TPSA) is 51.4 Å². The highest BCUT2D eigenvalue weighted by atomic mass is 16.5. The quantitative estimate of drug-likeness (QED) is 0.837. The zero-order chi connectivity index (χ0) is 14.2. The van der Waals surface area contributed by atoms with Crippen molar-refractivity contribution in [3.05, 3.63) is 59.9 Å². The maximum atomic E-state index is 5.71. The number of ether oxygens (including phenoxy) is 1. The van der Waals surface area contributed by atoms with E-state index in [4.69, 9.17) is 10.5 Å². The van der Waals surface area contributed by atoms with Crippen LogP contribution in [0.5, 0.6) is 5.75 Å². The van der Waals surface area contributed by atoms with Crippen LogP contribution in [0.3, 0.4) is 0 Å². The van der Waals surface area contributed by atoms with Crippen LogP contribution in [0.2, 0.25) is 0 Å². The third-order valence-electron chi connectivity index (χ3n) is 3.17. The minimum Gasteiger partial charge on any atom is -0.497 e. The molecule has 0 bridgehead atoms. The Labute approximate surface area is 120 Å². The molecule has 0 spiro atoms. The summed E-state index contributed by atoms with van der Waals surface area (Å²) in [5.74, 6) is 0.883. The molecule has 0 aliphatic carbocycles. The summed E-state index contributed by atoms with van der Waals surface area (Å²) >= 11 is 0. The van der Waals surface area contributed by atoms with Gasteiger partial charge in [0, 0.05) is 38.6 Å². The van der Waals surface area contributed by atoms with Crippen LogP contribution < -0.4 is 10.5 Å². The second-order valence-corrected chi connectivity index (χ2v) is 4.70. The summed E-state index contributed by atoms with van der Waals surface area (Å²) in [6.07, 6.45) is 3.65. The number of methoxy groups -OCH3 is 1. The summed E-state index contributed by atoms with van der Waals surface area (Å²) in [5, 5.41) is 0. The lowest BCUT2D eigenvalue weighted by Crippen LogP contribution is -2.28. The molecule has 1 aromatic carbocycles. The average Bonchev–Trinajstić information content (AvgIpc) is 2.49. The van der Waals surface area contributed by atoms with Gasteiger partial charge in [0.05, 0.1) is 7.11 Å². The lowest BCUT2D eigenvalue weighted by molar-refractivity contribution is 0.264. The molecule has 0 saturated carbocycles. The van der Waals surface area contributed by atoms with Crippen molar-refractivity contribution >= 4 is 0 Å². The van der Waals surface area contributed by atoms with E-state index < -0.39 is 0 Å². The number of hydrogen-bond donors (Lipinski definition) is 1. The van der Waals surface area contributed by atoms with E-state index in [-0.39, 0.29) is 0 Å². The number of pyridine rings is 1. The molecule has 0 atom stereocenters. The van der Waals surface area contributed by atoms with Crippen molar-refractivity contribution < 1.29 is 4.74 Å². The normalized spacial score (nSPS) is 10.8. The standard InChI is InChI=1S/C16H21N3O/c1-20-16-4-2-14(3-5-16)12-19(11-8-17)13-15-6-9-18-10-7-15/h2-7,9-10H,8,11-13,17H2,1H3. The van der Waals surface area contributed by atoms with Crippen molar-refractivity contribution in [1.29, 1.82) is 0 Å². The van der Waals surface area contributed by atoms with Crippen LogP contribution in [-0.4, -0.2) is 30.1 Å². The molecule has 2 aromatic rings. The number of nitrogens with zero attached hydrogens (tertiary/aromatic N) is 2. The molecule has 0 aliphatic rings. The van der Waals surface area contributed by atoms with E-state index in [0.29, 0.717) is 6.54 Å². The van der Waals surface area contributed by atoms with Crippen LogP contribution >= 0.6 is 0 Å². The molecule has 2 rings (SSSR count). The van der Waals surface area contributed by atoms with Crippen molar-refractivity contribution in [2.45, 2.75) is 13.1 Å². The van der Waals surface area contributed by atoms with Gasteiger partial charge in [-0.25, -0.2) is 0 Å². The largest absolute Gasteiger partial charge is 0.497 e. The first kappa shape index (κ1) is 14.5. The third-order valence-corrected chi connectivity index (χ3v) is 3.17. The lowest BCUT2D eigenvalue weighted by atomic mass is 10.2. The zero-order valence-electron chi connectivity index (χ0n) is 11.8. The van der Waals surface area contributed by atoms with Crippen LogP contribution in [0, 0.1) is 0 Å². The molecule has 4 nitrogen and oxygen atoms in total. The summed E-state index contributed by atoms with van der Waals surface area (Å²) in [6, 6.07) is 12.2. The maximum Gasteiger partial charge on any atom is 0.118 e. The van der Waals surface area contributed by atoms with Crippen LogP contribution in [0.15, 0.2) is 48.8 Å². The third kappa shape index (κ3) is 4.33. The van der Waals surface area contributed by atoms with Crippen LogP contribution in [0.25, 0.3) is 0 Å². The number of rotatable bonds is 7. The van der Waals surface area contributed by atoms with Gasteiger partial charge in [0.1, 0.15) is 5.75 Å². The molecule has 0 amide bonds. The van der Waals surface area contributed by atoms with E-state index in [2.05, 4.69) is 22.0 Å². The molecule has 0 radical (unpaired) electrons. The van der Waals surface area contributed by atoms with E-state index >= 15 is 0 Å². The molecule has 4 heteroatoms. The first-order valence-corrected chi connectivity index (χ1v) is 6.76. The minimum atomic E-state index is 0.654. The fraction of sp³-hybridized carbons (Fsp3) is 0.312. The van der Waals surface area contributed by atoms with E-state index in [1.54, 1.807) is 7.11 Å². The van der Waals surface area contributed by atoms with Gasteiger partial charge in [-0.2, -0.15) is 0 Å². The average molecular weight is 271 g/mol. The molecule has 1 heterocycles. The molecule has 2 N–H and O–H groups in total. The SMILES string of the molecule is COc1ccc(CN(CCN)Cc2ccncc2)cc1. The number of benzene rings is 1. The van der Waals surface area contributed by atoms with Crippen LogP contribution in [-0.2, 0) is 13.1 Å². The van der Waals surface area contributed by atoms with Gasteiger partial charge in [-0.15, -0.1) is 0 Å². The van der Waals surface area contributed by atoms with E-state index in [1.807, 2.05) is 36.7 Å². The molecule has 106 valence electrons. The molecule has 0 fully saturated rings. The Morgan fingerprint density at radius 3 is 2.15 bits per heavy atom. The molecular weight excluding hydrogens is 250 g/mol. The first-order valence-electron chi connectivity index (χ1n) is 6.76. The van der Waals surface area contributed by atoms with Gasteiger partial charge in [0.25, 0.3) is 0 Å². The summed E-state index contributed by atoms with van der Waals surface area (Å²) in [6.45, 7) is 3.28. The molecule has 0 saturated heterocycles. The Hall–Kier alpha value is -1.91. The Morgan fingerprint density at radius 2 is 1.60 bits per heavy atom. The first-order chi connectivity index (χ1) is 9.81. The van der Waals surface area contributed by atoms with E-state index in [1.165, 1.54) is 11.1 Å². The molecule has 0 aliphatic heterocycles. The monoisotopic (exact) mass is 271 g/mol. The van der Waals surface area contributed by atoms with Crippen molar-refractivity contribution in [3.63, 3.8) is 0 Å². The number of hydrogen-bond acceptors (Lipinski definition) is 4. The minimum absolute atomic E-state index is 0.654. The summed E-state index contributed by atoms with van der Waals surface area (Å²) < 4.78 is 5.18. The summed E-state index contributed by atoms with van der Waals surface area (Å²) in [4.78, 5) is 6.38. The Morgan fingerprint density at radius 1 is 1.00 bits per heavy atom. The zero-order valence-corrected chi connectivity index (χ0v) is 11.8. The van der Waals surface area contributed by atoms with E-state index in [9.17, 15) is 0 Å². The van der Waals surface area contributed by atoms with Gasteiger partial charge in [0.2, 0.25) is 0 Å². The summed E-state index contributed by atoms with van der Waals surface area (Å²) in [7, 11) is 1.68. The second kappa shape index (κ2) is 7.62. The van der Waals surface area contributed by atoms with Crippen molar-refractivity contribution in [1.82, 2.24) is 9.88 Å².